The van der Waals surface area contributed by atoms with Crippen molar-refractivity contribution in [1.29, 1.82) is 0 Å². The lowest BCUT2D eigenvalue weighted by Crippen LogP contribution is -2.43. The van der Waals surface area contributed by atoms with Crippen LogP contribution >= 0.6 is 0 Å². The molecule has 0 unspecified atom stereocenters. The number of carbonyl (C=O) groups excluding carboxylic acids is 1. The van der Waals surface area contributed by atoms with Gasteiger partial charge in [-0.3, -0.25) is 4.79 Å². The van der Waals surface area contributed by atoms with Gasteiger partial charge in [0, 0.05) is 25.2 Å². The Labute approximate surface area is 124 Å². The maximum Gasteiger partial charge on any atom is 0.350 e. The summed E-state index contributed by atoms with van der Waals surface area (Å²) >= 11 is 0. The first-order chi connectivity index (χ1) is 9.78. The number of nitrogens with zero attached hydrogens (tertiary/aromatic N) is 1. The van der Waals surface area contributed by atoms with Crippen molar-refractivity contribution in [2.45, 2.75) is 38.9 Å². The summed E-state index contributed by atoms with van der Waals surface area (Å²) in [7, 11) is -4.47. The van der Waals surface area contributed by atoms with Gasteiger partial charge >= 0.3 is 5.76 Å². The van der Waals surface area contributed by atoms with Crippen molar-refractivity contribution < 1.29 is 22.0 Å². The van der Waals surface area contributed by atoms with Gasteiger partial charge in [0.15, 0.2) is 0 Å². The Morgan fingerprint density at radius 3 is 2.43 bits per heavy atom. The lowest BCUT2D eigenvalue weighted by Gasteiger charge is -2.30. The number of carbonyl (C=O) groups is 1. The summed E-state index contributed by atoms with van der Waals surface area (Å²) in [4.78, 5) is 11.7. The van der Waals surface area contributed by atoms with Crippen molar-refractivity contribution in [3.05, 3.63) is 11.6 Å². The summed E-state index contributed by atoms with van der Waals surface area (Å²) in [6, 6.07) is 0. The van der Waals surface area contributed by atoms with Crippen LogP contribution in [-0.2, 0) is 14.8 Å². The molecular weight excluding hydrogens is 302 g/mol. The van der Waals surface area contributed by atoms with Crippen molar-refractivity contribution >= 4 is 15.9 Å². The number of hydrogen-bond acceptors (Lipinski definition) is 3. The number of rotatable bonds is 6. The van der Waals surface area contributed by atoms with Crippen LogP contribution < -0.4 is 5.32 Å². The highest BCUT2D eigenvalue weighted by Gasteiger charge is 2.34. The number of amides is 1. The van der Waals surface area contributed by atoms with Crippen molar-refractivity contribution in [3.63, 3.8) is 0 Å². The van der Waals surface area contributed by atoms with Gasteiger partial charge in [0.25, 0.3) is 10.0 Å². The third-order valence-corrected chi connectivity index (χ3v) is 5.11. The molecule has 0 aliphatic carbocycles. The molecule has 21 heavy (non-hydrogen) atoms. The lowest BCUT2D eigenvalue weighted by atomic mass is 9.98. The van der Waals surface area contributed by atoms with Gasteiger partial charge in [-0.2, -0.15) is 13.1 Å². The van der Waals surface area contributed by atoms with Gasteiger partial charge in [0.2, 0.25) is 5.91 Å². The van der Waals surface area contributed by atoms with E-state index in [1.54, 1.807) is 6.92 Å². The van der Waals surface area contributed by atoms with Crippen LogP contribution in [-0.4, -0.2) is 44.0 Å². The van der Waals surface area contributed by atoms with E-state index in [9.17, 15) is 22.0 Å². The molecule has 0 atom stereocenters. The van der Waals surface area contributed by atoms with Crippen LogP contribution in [0.15, 0.2) is 11.6 Å². The molecule has 122 valence electrons. The average Bonchev–Trinajstić information content (AvgIpc) is 2.45. The standard InChI is InChI=1S/C13H22F2N2O3S/c1-3-4-10(2)12(18)16-9-11-5-7-17(8-6-11)21(19,20)13(14)15/h4,11,13H,3,5-9H2,1-2H3,(H,16,18). The Hall–Kier alpha value is -1.02. The van der Waals surface area contributed by atoms with Crippen LogP contribution in [0.1, 0.15) is 33.1 Å². The van der Waals surface area contributed by atoms with Gasteiger partial charge in [-0.15, -0.1) is 0 Å². The Morgan fingerprint density at radius 1 is 1.38 bits per heavy atom. The minimum absolute atomic E-state index is 0.0803. The number of alkyl halides is 2. The number of nitrogens with one attached hydrogen (secondary N) is 1. The number of hydrogen-bond donors (Lipinski definition) is 1. The monoisotopic (exact) mass is 324 g/mol. The van der Waals surface area contributed by atoms with Gasteiger partial charge in [0.1, 0.15) is 0 Å². The van der Waals surface area contributed by atoms with Crippen molar-refractivity contribution in [2.75, 3.05) is 19.6 Å². The highest BCUT2D eigenvalue weighted by molar-refractivity contribution is 7.89. The molecule has 0 spiro atoms. The summed E-state index contributed by atoms with van der Waals surface area (Å²) in [6.45, 7) is 4.27. The van der Waals surface area contributed by atoms with Gasteiger partial charge in [0.05, 0.1) is 0 Å². The molecule has 0 aromatic heterocycles. The summed E-state index contributed by atoms with van der Waals surface area (Å²) < 4.78 is 48.3. The van der Waals surface area contributed by atoms with Crippen LogP contribution in [0.4, 0.5) is 8.78 Å². The Bertz CT molecular complexity index is 484. The minimum Gasteiger partial charge on any atom is -0.352 e. The summed E-state index contributed by atoms with van der Waals surface area (Å²) in [5.74, 6) is -3.39. The molecule has 1 aliphatic heterocycles. The van der Waals surface area contributed by atoms with E-state index >= 15 is 0 Å². The summed E-state index contributed by atoms with van der Waals surface area (Å²) in [5.41, 5.74) is 0.648. The predicted molar refractivity (Wildman–Crippen MR) is 76.3 cm³/mol. The molecule has 5 nitrogen and oxygen atoms in total. The SMILES string of the molecule is CCC=C(C)C(=O)NCC1CCN(S(=O)(=O)C(F)F)CC1. The van der Waals surface area contributed by atoms with Crippen LogP contribution in [0.2, 0.25) is 0 Å². The van der Waals surface area contributed by atoms with Crippen molar-refractivity contribution in [1.82, 2.24) is 9.62 Å². The second-order valence-electron chi connectivity index (χ2n) is 5.15. The molecule has 1 saturated heterocycles. The molecule has 8 heteroatoms. The smallest absolute Gasteiger partial charge is 0.350 e. The third kappa shape index (κ3) is 5.03. The molecular formula is C13H22F2N2O3S. The zero-order chi connectivity index (χ0) is 16.0. The molecule has 0 aromatic rings. The topological polar surface area (TPSA) is 66.5 Å². The van der Waals surface area contributed by atoms with Gasteiger partial charge in [-0.1, -0.05) is 13.0 Å². The zero-order valence-electron chi connectivity index (χ0n) is 12.3. The first-order valence-corrected chi connectivity index (χ1v) is 8.51. The maximum atomic E-state index is 12.4. The molecule has 1 fully saturated rings. The molecule has 1 amide bonds. The van der Waals surface area contributed by atoms with Crippen LogP contribution in [0, 0.1) is 5.92 Å². The third-order valence-electron chi connectivity index (χ3n) is 3.58. The molecule has 1 rings (SSSR count). The molecule has 1 N–H and O–H groups in total. The first-order valence-electron chi connectivity index (χ1n) is 7.01. The minimum atomic E-state index is -4.47. The summed E-state index contributed by atoms with van der Waals surface area (Å²) in [6.07, 6.45) is 3.56. The summed E-state index contributed by atoms with van der Waals surface area (Å²) in [5, 5.41) is 2.79. The molecule has 1 aliphatic rings. The van der Waals surface area contributed by atoms with Crippen LogP contribution in [0.5, 0.6) is 0 Å². The molecule has 1 heterocycles. The fourth-order valence-corrected chi connectivity index (χ4v) is 3.20. The highest BCUT2D eigenvalue weighted by Crippen LogP contribution is 2.22. The Balaban J connectivity index is 2.41. The average molecular weight is 324 g/mol. The van der Waals surface area contributed by atoms with Gasteiger partial charge in [-0.05, 0) is 32.1 Å². The van der Waals surface area contributed by atoms with E-state index in [2.05, 4.69) is 5.32 Å². The molecule has 0 bridgehead atoms. The van der Waals surface area contributed by atoms with E-state index in [-0.39, 0.29) is 24.9 Å². The molecule has 0 saturated carbocycles. The maximum absolute atomic E-state index is 12.4. The number of halogens is 2. The number of sulfonamides is 1. The first kappa shape index (κ1) is 18.0. The van der Waals surface area contributed by atoms with Gasteiger partial charge < -0.3 is 5.32 Å². The van der Waals surface area contributed by atoms with E-state index in [0.29, 0.717) is 25.0 Å². The second kappa shape index (κ2) is 7.84. The fourth-order valence-electron chi connectivity index (χ4n) is 2.26. The van der Waals surface area contributed by atoms with Crippen LogP contribution in [0.3, 0.4) is 0 Å². The Morgan fingerprint density at radius 2 is 1.95 bits per heavy atom. The van der Waals surface area contributed by atoms with Crippen molar-refractivity contribution in [2.24, 2.45) is 5.92 Å². The van der Waals surface area contributed by atoms with E-state index in [0.717, 1.165) is 10.7 Å². The second-order valence-corrected chi connectivity index (χ2v) is 7.06. The van der Waals surface area contributed by atoms with E-state index in [1.807, 2.05) is 13.0 Å². The normalized spacial score (nSPS) is 19.0. The van der Waals surface area contributed by atoms with E-state index < -0.39 is 15.8 Å². The number of piperidine rings is 1. The predicted octanol–water partition coefficient (Wildman–Crippen LogP) is 1.72. The lowest BCUT2D eigenvalue weighted by molar-refractivity contribution is -0.117. The quantitative estimate of drug-likeness (QED) is 0.757. The highest BCUT2D eigenvalue weighted by atomic mass is 32.2. The van der Waals surface area contributed by atoms with E-state index in [1.165, 1.54) is 0 Å². The van der Waals surface area contributed by atoms with Crippen LogP contribution in [0.25, 0.3) is 0 Å². The fraction of sp³-hybridized carbons (Fsp3) is 0.769. The molecule has 0 aromatic carbocycles. The zero-order valence-corrected chi connectivity index (χ0v) is 13.1. The molecule has 0 radical (unpaired) electrons. The van der Waals surface area contributed by atoms with Crippen molar-refractivity contribution in [3.8, 4) is 0 Å². The number of allylic oxidation sites excluding steroid dienone is 1. The van der Waals surface area contributed by atoms with Gasteiger partial charge in [-0.25, -0.2) is 8.42 Å². The Kier molecular flexibility index (Phi) is 6.73. The largest absolute Gasteiger partial charge is 0.352 e. The van der Waals surface area contributed by atoms with E-state index in [4.69, 9.17) is 0 Å².